The summed E-state index contributed by atoms with van der Waals surface area (Å²) < 4.78 is 1.78. The molecule has 0 saturated heterocycles. The van der Waals surface area contributed by atoms with Crippen LogP contribution in [0.25, 0.3) is 11.0 Å². The van der Waals surface area contributed by atoms with Crippen molar-refractivity contribution in [1.82, 2.24) is 25.1 Å². The standard InChI is InChI=1S/C16H17N5O/c1-11-12(2)20-15-10-13(4-5-14(15)19-11)16(22)17-7-9-21-8-3-6-18-21/h3-6,8,10H,7,9H2,1-2H3,(H,17,22). The van der Waals surface area contributed by atoms with Crippen molar-refractivity contribution in [2.75, 3.05) is 6.54 Å². The molecule has 1 aromatic carbocycles. The van der Waals surface area contributed by atoms with Gasteiger partial charge in [-0.2, -0.15) is 5.10 Å². The molecule has 112 valence electrons. The lowest BCUT2D eigenvalue weighted by Crippen LogP contribution is -2.27. The van der Waals surface area contributed by atoms with Crippen molar-refractivity contribution in [1.29, 1.82) is 0 Å². The summed E-state index contributed by atoms with van der Waals surface area (Å²) in [4.78, 5) is 21.1. The van der Waals surface area contributed by atoms with Crippen LogP contribution >= 0.6 is 0 Å². The van der Waals surface area contributed by atoms with Gasteiger partial charge in [-0.15, -0.1) is 0 Å². The van der Waals surface area contributed by atoms with Gasteiger partial charge in [-0.25, -0.2) is 9.97 Å². The molecule has 0 aliphatic carbocycles. The molecule has 2 aromatic heterocycles. The summed E-state index contributed by atoms with van der Waals surface area (Å²) >= 11 is 0. The molecule has 6 heteroatoms. The fourth-order valence-electron chi connectivity index (χ4n) is 2.19. The van der Waals surface area contributed by atoms with Gasteiger partial charge in [-0.05, 0) is 38.1 Å². The topological polar surface area (TPSA) is 72.7 Å². The summed E-state index contributed by atoms with van der Waals surface area (Å²) in [5, 5.41) is 6.97. The maximum atomic E-state index is 12.2. The fourth-order valence-corrected chi connectivity index (χ4v) is 2.19. The second kappa shape index (κ2) is 5.93. The summed E-state index contributed by atoms with van der Waals surface area (Å²) in [6, 6.07) is 7.23. The van der Waals surface area contributed by atoms with E-state index in [9.17, 15) is 4.79 Å². The molecule has 2 heterocycles. The van der Waals surface area contributed by atoms with Crippen molar-refractivity contribution < 1.29 is 4.79 Å². The molecule has 0 aliphatic rings. The van der Waals surface area contributed by atoms with Crippen LogP contribution < -0.4 is 5.32 Å². The zero-order chi connectivity index (χ0) is 15.5. The zero-order valence-corrected chi connectivity index (χ0v) is 12.6. The van der Waals surface area contributed by atoms with Crippen molar-refractivity contribution in [2.45, 2.75) is 20.4 Å². The number of carbonyl (C=O) groups is 1. The Bertz CT molecular complexity index is 811. The van der Waals surface area contributed by atoms with Crippen LogP contribution in [0.2, 0.25) is 0 Å². The molecule has 1 N–H and O–H groups in total. The number of aromatic nitrogens is 4. The van der Waals surface area contributed by atoms with Crippen LogP contribution in [0.5, 0.6) is 0 Å². The molecule has 3 rings (SSSR count). The predicted octanol–water partition coefficient (Wildman–Crippen LogP) is 1.87. The average Bonchev–Trinajstić information content (AvgIpc) is 3.01. The Morgan fingerprint density at radius 3 is 2.68 bits per heavy atom. The largest absolute Gasteiger partial charge is 0.350 e. The SMILES string of the molecule is Cc1nc2ccc(C(=O)NCCn3cccn3)cc2nc1C. The minimum Gasteiger partial charge on any atom is -0.350 e. The van der Waals surface area contributed by atoms with Crippen molar-refractivity contribution in [3.8, 4) is 0 Å². The Kier molecular flexibility index (Phi) is 3.82. The summed E-state index contributed by atoms with van der Waals surface area (Å²) in [5.41, 5.74) is 3.91. The van der Waals surface area contributed by atoms with E-state index < -0.39 is 0 Å². The first-order chi connectivity index (χ1) is 10.6. The Balaban J connectivity index is 1.72. The number of nitrogens with one attached hydrogen (secondary N) is 1. The van der Waals surface area contributed by atoms with E-state index in [1.54, 1.807) is 23.0 Å². The van der Waals surface area contributed by atoms with Crippen molar-refractivity contribution >= 4 is 16.9 Å². The molecule has 0 saturated carbocycles. The quantitative estimate of drug-likeness (QED) is 0.797. The number of amides is 1. The lowest BCUT2D eigenvalue weighted by molar-refractivity contribution is 0.0952. The van der Waals surface area contributed by atoms with E-state index in [-0.39, 0.29) is 5.91 Å². The maximum Gasteiger partial charge on any atom is 0.251 e. The molecular weight excluding hydrogens is 278 g/mol. The summed E-state index contributed by atoms with van der Waals surface area (Å²) in [7, 11) is 0. The normalized spacial score (nSPS) is 10.8. The van der Waals surface area contributed by atoms with Crippen LogP contribution in [-0.2, 0) is 6.54 Å². The van der Waals surface area contributed by atoms with Crippen LogP contribution in [0, 0.1) is 13.8 Å². The number of hydrogen-bond donors (Lipinski definition) is 1. The van der Waals surface area contributed by atoms with Gasteiger partial charge in [0.2, 0.25) is 0 Å². The highest BCUT2D eigenvalue weighted by molar-refractivity contribution is 5.97. The second-order valence-corrected chi connectivity index (χ2v) is 5.12. The third-order valence-electron chi connectivity index (χ3n) is 3.52. The molecule has 6 nitrogen and oxygen atoms in total. The third kappa shape index (κ3) is 2.95. The molecule has 0 aliphatic heterocycles. The van der Waals surface area contributed by atoms with Gasteiger partial charge in [0.1, 0.15) is 0 Å². The Labute approximate surface area is 128 Å². The molecule has 0 radical (unpaired) electrons. The lowest BCUT2D eigenvalue weighted by atomic mass is 10.1. The van der Waals surface area contributed by atoms with Gasteiger partial charge >= 0.3 is 0 Å². The second-order valence-electron chi connectivity index (χ2n) is 5.12. The molecule has 0 unspecified atom stereocenters. The Morgan fingerprint density at radius 2 is 1.95 bits per heavy atom. The third-order valence-corrected chi connectivity index (χ3v) is 3.52. The molecule has 0 bridgehead atoms. The molecule has 0 spiro atoms. The monoisotopic (exact) mass is 295 g/mol. The van der Waals surface area contributed by atoms with Crippen LogP contribution in [0.3, 0.4) is 0 Å². The van der Waals surface area contributed by atoms with Crippen LogP contribution in [0.4, 0.5) is 0 Å². The number of rotatable bonds is 4. The highest BCUT2D eigenvalue weighted by Crippen LogP contribution is 2.14. The van der Waals surface area contributed by atoms with Crippen LogP contribution in [-0.4, -0.2) is 32.2 Å². The molecule has 0 atom stereocenters. The number of nitrogens with zero attached hydrogens (tertiary/aromatic N) is 4. The van der Waals surface area contributed by atoms with Gasteiger partial charge in [-0.1, -0.05) is 0 Å². The van der Waals surface area contributed by atoms with Gasteiger partial charge in [-0.3, -0.25) is 9.48 Å². The number of benzene rings is 1. The van der Waals surface area contributed by atoms with E-state index in [1.807, 2.05) is 32.2 Å². The first kappa shape index (κ1) is 14.2. The van der Waals surface area contributed by atoms with Crippen molar-refractivity contribution in [3.05, 3.63) is 53.6 Å². The van der Waals surface area contributed by atoms with Gasteiger partial charge in [0.15, 0.2) is 0 Å². The summed E-state index contributed by atoms with van der Waals surface area (Å²) in [6.45, 7) is 5.01. The van der Waals surface area contributed by atoms with Gasteiger partial charge in [0.05, 0.1) is 29.0 Å². The Hall–Kier alpha value is -2.76. The van der Waals surface area contributed by atoms with E-state index in [0.29, 0.717) is 18.7 Å². The summed E-state index contributed by atoms with van der Waals surface area (Å²) in [6.07, 6.45) is 3.58. The molecule has 3 aromatic rings. The zero-order valence-electron chi connectivity index (χ0n) is 12.6. The maximum absolute atomic E-state index is 12.2. The van der Waals surface area contributed by atoms with Gasteiger partial charge < -0.3 is 5.32 Å². The van der Waals surface area contributed by atoms with Crippen LogP contribution in [0.15, 0.2) is 36.7 Å². The van der Waals surface area contributed by atoms with Crippen molar-refractivity contribution in [2.24, 2.45) is 0 Å². The van der Waals surface area contributed by atoms with E-state index in [1.165, 1.54) is 0 Å². The summed E-state index contributed by atoms with van der Waals surface area (Å²) in [5.74, 6) is -0.117. The fraction of sp³-hybridized carbons (Fsp3) is 0.250. The minimum atomic E-state index is -0.117. The van der Waals surface area contributed by atoms with Gasteiger partial charge in [0.25, 0.3) is 5.91 Å². The first-order valence-electron chi connectivity index (χ1n) is 7.14. The molecule has 1 amide bonds. The minimum absolute atomic E-state index is 0.117. The number of fused-ring (bicyclic) bond motifs is 1. The lowest BCUT2D eigenvalue weighted by Gasteiger charge is -2.07. The van der Waals surface area contributed by atoms with E-state index >= 15 is 0 Å². The highest BCUT2D eigenvalue weighted by Gasteiger charge is 2.08. The highest BCUT2D eigenvalue weighted by atomic mass is 16.1. The van der Waals surface area contributed by atoms with E-state index in [2.05, 4.69) is 20.4 Å². The smallest absolute Gasteiger partial charge is 0.251 e. The molecule has 0 fully saturated rings. The average molecular weight is 295 g/mol. The number of aryl methyl sites for hydroxylation is 2. The molecular formula is C16H17N5O. The first-order valence-corrected chi connectivity index (χ1v) is 7.14. The van der Waals surface area contributed by atoms with Crippen LogP contribution in [0.1, 0.15) is 21.7 Å². The van der Waals surface area contributed by atoms with E-state index in [0.717, 1.165) is 22.4 Å². The van der Waals surface area contributed by atoms with Crippen molar-refractivity contribution in [3.63, 3.8) is 0 Å². The Morgan fingerprint density at radius 1 is 1.18 bits per heavy atom. The van der Waals surface area contributed by atoms with E-state index in [4.69, 9.17) is 0 Å². The predicted molar refractivity (Wildman–Crippen MR) is 83.6 cm³/mol. The number of hydrogen-bond acceptors (Lipinski definition) is 4. The molecule has 22 heavy (non-hydrogen) atoms. The number of carbonyl (C=O) groups excluding carboxylic acids is 1. The van der Waals surface area contributed by atoms with Gasteiger partial charge in [0, 0.05) is 24.5 Å².